The van der Waals surface area contributed by atoms with Crippen LogP contribution in [0.1, 0.15) is 12.8 Å². The first-order valence-corrected chi connectivity index (χ1v) is 10.7. The van der Waals surface area contributed by atoms with Crippen molar-refractivity contribution < 1.29 is 22.3 Å². The molecule has 2 aromatic carbocycles. The molecule has 1 fully saturated rings. The minimum absolute atomic E-state index is 0.0808. The number of para-hydroxylation sites is 1. The summed E-state index contributed by atoms with van der Waals surface area (Å²) in [6, 6.07) is 12.1. The van der Waals surface area contributed by atoms with Crippen LogP contribution < -0.4 is 9.46 Å². The van der Waals surface area contributed by atoms with Crippen LogP contribution in [0.4, 0.5) is 9.18 Å². The minimum atomic E-state index is -3.78. The Hall–Kier alpha value is -2.16. The van der Waals surface area contributed by atoms with Crippen molar-refractivity contribution in [3.8, 4) is 5.75 Å². The van der Waals surface area contributed by atoms with Crippen LogP contribution in [0.5, 0.6) is 5.75 Å². The monoisotopic (exact) mass is 426 g/mol. The van der Waals surface area contributed by atoms with Gasteiger partial charge in [-0.1, -0.05) is 29.8 Å². The first-order valence-electron chi connectivity index (χ1n) is 8.81. The fourth-order valence-electron chi connectivity index (χ4n) is 2.93. The van der Waals surface area contributed by atoms with Crippen molar-refractivity contribution in [3.63, 3.8) is 0 Å². The summed E-state index contributed by atoms with van der Waals surface area (Å²) in [4.78, 5) is 13.7. The van der Waals surface area contributed by atoms with E-state index < -0.39 is 21.9 Å². The second kappa shape index (κ2) is 8.89. The normalized spacial score (nSPS) is 15.4. The number of carbonyl (C=O) groups excluding carboxylic acids is 1. The van der Waals surface area contributed by atoms with E-state index in [1.54, 1.807) is 29.2 Å². The van der Waals surface area contributed by atoms with Gasteiger partial charge in [0.05, 0.1) is 9.92 Å². The number of hydrogen-bond acceptors (Lipinski definition) is 4. The molecule has 6 nitrogen and oxygen atoms in total. The first kappa shape index (κ1) is 20.6. The molecule has 1 N–H and O–H groups in total. The Morgan fingerprint density at radius 2 is 1.86 bits per heavy atom. The van der Waals surface area contributed by atoms with Gasteiger partial charge >= 0.3 is 6.09 Å². The number of rotatable bonds is 5. The molecule has 1 saturated heterocycles. The number of halogens is 2. The summed E-state index contributed by atoms with van der Waals surface area (Å²) in [7, 11) is -3.78. The maximum absolute atomic E-state index is 13.2. The number of hydrogen-bond donors (Lipinski definition) is 1. The average Bonchev–Trinajstić information content (AvgIpc) is 2.69. The zero-order chi connectivity index (χ0) is 20.1. The molecule has 0 aromatic heterocycles. The number of ether oxygens (including phenoxy) is 1. The minimum Gasteiger partial charge on any atom is -0.410 e. The van der Waals surface area contributed by atoms with Crippen molar-refractivity contribution in [2.75, 3.05) is 19.6 Å². The van der Waals surface area contributed by atoms with E-state index in [4.69, 9.17) is 16.3 Å². The van der Waals surface area contributed by atoms with Gasteiger partial charge < -0.3 is 9.64 Å². The van der Waals surface area contributed by atoms with Gasteiger partial charge in [-0.05, 0) is 49.1 Å². The van der Waals surface area contributed by atoms with E-state index in [9.17, 15) is 17.6 Å². The third kappa shape index (κ3) is 5.21. The molecule has 1 aliphatic rings. The van der Waals surface area contributed by atoms with Crippen molar-refractivity contribution in [2.45, 2.75) is 17.7 Å². The van der Waals surface area contributed by atoms with Crippen LogP contribution in [0.15, 0.2) is 53.4 Å². The van der Waals surface area contributed by atoms with Crippen molar-refractivity contribution >= 4 is 27.7 Å². The number of benzene rings is 2. The Kier molecular flexibility index (Phi) is 6.53. The molecule has 0 unspecified atom stereocenters. The summed E-state index contributed by atoms with van der Waals surface area (Å²) in [5, 5.41) is -0.242. The van der Waals surface area contributed by atoms with Crippen LogP contribution in [0, 0.1) is 11.7 Å². The molecular weight excluding hydrogens is 407 g/mol. The van der Waals surface area contributed by atoms with Gasteiger partial charge in [-0.3, -0.25) is 0 Å². The molecule has 2 aromatic rings. The Morgan fingerprint density at radius 1 is 1.18 bits per heavy atom. The fourth-order valence-corrected chi connectivity index (χ4v) is 4.32. The highest BCUT2D eigenvalue weighted by Crippen LogP contribution is 2.21. The summed E-state index contributed by atoms with van der Waals surface area (Å²) in [5.74, 6) is -0.0952. The lowest BCUT2D eigenvalue weighted by Crippen LogP contribution is -2.42. The number of sulfonamides is 1. The Morgan fingerprint density at radius 3 is 2.50 bits per heavy atom. The summed E-state index contributed by atoms with van der Waals surface area (Å²) in [6.07, 6.45) is 0.888. The van der Waals surface area contributed by atoms with Crippen LogP contribution in [0.25, 0.3) is 0 Å². The van der Waals surface area contributed by atoms with Gasteiger partial charge in [-0.2, -0.15) is 0 Å². The highest BCUT2D eigenvalue weighted by atomic mass is 35.5. The Labute approximate surface area is 168 Å². The number of amides is 1. The van der Waals surface area contributed by atoms with Gasteiger partial charge in [-0.15, -0.1) is 0 Å². The molecule has 28 heavy (non-hydrogen) atoms. The van der Waals surface area contributed by atoms with Gasteiger partial charge in [0.25, 0.3) is 0 Å². The molecule has 1 heterocycles. The third-order valence-electron chi connectivity index (χ3n) is 4.58. The predicted octanol–water partition coefficient (Wildman–Crippen LogP) is 3.67. The molecule has 150 valence electrons. The first-order chi connectivity index (χ1) is 13.3. The quantitative estimate of drug-likeness (QED) is 0.791. The molecule has 0 atom stereocenters. The van der Waals surface area contributed by atoms with Crippen LogP contribution in [0.2, 0.25) is 5.02 Å². The van der Waals surface area contributed by atoms with Gasteiger partial charge in [0.15, 0.2) is 0 Å². The van der Waals surface area contributed by atoms with Crippen LogP contribution in [-0.2, 0) is 10.0 Å². The smallest absolute Gasteiger partial charge is 0.410 e. The zero-order valence-electron chi connectivity index (χ0n) is 15.0. The summed E-state index contributed by atoms with van der Waals surface area (Å²) < 4.78 is 45.7. The lowest BCUT2D eigenvalue weighted by Gasteiger charge is -2.31. The van der Waals surface area contributed by atoms with Gasteiger partial charge in [-0.25, -0.2) is 22.3 Å². The lowest BCUT2D eigenvalue weighted by molar-refractivity contribution is 0.131. The number of nitrogens with one attached hydrogen (secondary N) is 1. The van der Waals surface area contributed by atoms with E-state index in [1.165, 1.54) is 6.07 Å². The summed E-state index contributed by atoms with van der Waals surface area (Å²) in [6.45, 7) is 1.21. The van der Waals surface area contributed by atoms with E-state index in [0.29, 0.717) is 31.7 Å². The van der Waals surface area contributed by atoms with Crippen molar-refractivity contribution in [3.05, 3.63) is 59.4 Å². The number of nitrogens with zero attached hydrogens (tertiary/aromatic N) is 1. The Balaban J connectivity index is 1.49. The van der Waals surface area contributed by atoms with Crippen LogP contribution >= 0.6 is 11.6 Å². The molecule has 9 heteroatoms. The zero-order valence-corrected chi connectivity index (χ0v) is 16.5. The molecule has 0 saturated carbocycles. The fraction of sp³-hybridized carbons (Fsp3) is 0.316. The van der Waals surface area contributed by atoms with Crippen molar-refractivity contribution in [1.29, 1.82) is 0 Å². The Bertz CT molecular complexity index is 932. The van der Waals surface area contributed by atoms with E-state index >= 15 is 0 Å². The second-order valence-electron chi connectivity index (χ2n) is 6.54. The number of likely N-dealkylation sites (tertiary alicyclic amines) is 1. The van der Waals surface area contributed by atoms with E-state index in [0.717, 1.165) is 12.1 Å². The molecule has 0 radical (unpaired) electrons. The summed E-state index contributed by atoms with van der Waals surface area (Å²) >= 11 is 5.66. The standard InChI is InChI=1S/C19H20ClFN2O4S/c20-17-12-16(6-7-18(17)21)28(25,26)22-13-14-8-10-23(11-9-14)19(24)27-15-4-2-1-3-5-15/h1-7,12,14,22H,8-11,13H2. The van der Waals surface area contributed by atoms with Crippen LogP contribution in [0.3, 0.4) is 0 Å². The summed E-state index contributed by atoms with van der Waals surface area (Å²) in [5.41, 5.74) is 0. The molecule has 1 amide bonds. The molecule has 0 spiro atoms. The van der Waals surface area contributed by atoms with E-state index in [2.05, 4.69) is 4.72 Å². The SMILES string of the molecule is O=C(Oc1ccccc1)N1CCC(CNS(=O)(=O)c2ccc(F)c(Cl)c2)CC1. The highest BCUT2D eigenvalue weighted by Gasteiger charge is 2.25. The number of carbonyl (C=O) groups is 1. The van der Waals surface area contributed by atoms with Crippen molar-refractivity contribution in [1.82, 2.24) is 9.62 Å². The molecule has 0 aliphatic carbocycles. The molecular formula is C19H20ClFN2O4S. The lowest BCUT2D eigenvalue weighted by atomic mass is 9.97. The third-order valence-corrected chi connectivity index (χ3v) is 6.30. The highest BCUT2D eigenvalue weighted by molar-refractivity contribution is 7.89. The van der Waals surface area contributed by atoms with Gasteiger partial charge in [0.1, 0.15) is 11.6 Å². The van der Waals surface area contributed by atoms with Crippen molar-refractivity contribution in [2.24, 2.45) is 5.92 Å². The molecule has 0 bridgehead atoms. The van der Waals surface area contributed by atoms with E-state index in [1.807, 2.05) is 6.07 Å². The van der Waals surface area contributed by atoms with E-state index in [-0.39, 0.29) is 22.4 Å². The predicted molar refractivity (Wildman–Crippen MR) is 103 cm³/mol. The molecule has 1 aliphatic heterocycles. The maximum Gasteiger partial charge on any atom is 0.415 e. The average molecular weight is 427 g/mol. The maximum atomic E-state index is 13.2. The second-order valence-corrected chi connectivity index (χ2v) is 8.71. The van der Waals surface area contributed by atoms with Crippen LogP contribution in [-0.4, -0.2) is 39.0 Å². The van der Waals surface area contributed by atoms with Gasteiger partial charge in [0, 0.05) is 19.6 Å². The number of piperidine rings is 1. The van der Waals surface area contributed by atoms with Gasteiger partial charge in [0.2, 0.25) is 10.0 Å². The molecule has 3 rings (SSSR count). The largest absolute Gasteiger partial charge is 0.415 e. The topological polar surface area (TPSA) is 75.7 Å².